The normalized spacial score (nSPS) is 15.7. The molecule has 2 aromatic carbocycles. The van der Waals surface area contributed by atoms with Crippen LogP contribution in [0.3, 0.4) is 0 Å². The average molecular weight is 327 g/mol. The fraction of sp³-hybridized carbons (Fsp3) is 0.316. The zero-order valence-electron chi connectivity index (χ0n) is 13.9. The fourth-order valence-corrected chi connectivity index (χ4v) is 2.45. The van der Waals surface area contributed by atoms with E-state index in [0.717, 1.165) is 22.6 Å². The maximum atomic E-state index is 12.0. The van der Waals surface area contributed by atoms with Crippen LogP contribution in [-0.4, -0.2) is 31.8 Å². The summed E-state index contributed by atoms with van der Waals surface area (Å²) in [5.74, 6) is 1.99. The average Bonchev–Trinajstić information content (AvgIpc) is 2.60. The number of aryl methyl sites for hydroxylation is 2. The summed E-state index contributed by atoms with van der Waals surface area (Å²) in [5, 5.41) is 2.82. The van der Waals surface area contributed by atoms with E-state index in [4.69, 9.17) is 14.2 Å². The van der Waals surface area contributed by atoms with Crippen LogP contribution in [0.4, 0.5) is 0 Å². The molecule has 0 saturated carbocycles. The molecule has 1 aliphatic rings. The van der Waals surface area contributed by atoms with E-state index >= 15 is 0 Å². The third-order valence-corrected chi connectivity index (χ3v) is 3.80. The molecule has 2 aromatic rings. The molecule has 1 amide bonds. The lowest BCUT2D eigenvalue weighted by atomic mass is 10.1. The van der Waals surface area contributed by atoms with Gasteiger partial charge in [0.05, 0.1) is 6.54 Å². The summed E-state index contributed by atoms with van der Waals surface area (Å²) in [6.45, 7) is 4.72. The van der Waals surface area contributed by atoms with Gasteiger partial charge in [-0.3, -0.25) is 4.79 Å². The number of hydrogen-bond acceptors (Lipinski definition) is 4. The molecule has 1 N–H and O–H groups in total. The molecule has 5 heteroatoms. The Labute approximate surface area is 141 Å². The monoisotopic (exact) mass is 327 g/mol. The summed E-state index contributed by atoms with van der Waals surface area (Å²) in [5.41, 5.74) is 2.11. The van der Waals surface area contributed by atoms with E-state index in [1.54, 1.807) is 0 Å². The van der Waals surface area contributed by atoms with Crippen molar-refractivity contribution in [1.29, 1.82) is 0 Å². The number of carbonyl (C=O) groups excluding carboxylic acids is 1. The summed E-state index contributed by atoms with van der Waals surface area (Å²) in [4.78, 5) is 12.0. The molecule has 0 fully saturated rings. The maximum Gasteiger partial charge on any atom is 0.258 e. The maximum absolute atomic E-state index is 12.0. The third-order valence-electron chi connectivity index (χ3n) is 3.80. The quantitative estimate of drug-likeness (QED) is 0.917. The molecule has 5 nitrogen and oxygen atoms in total. The number of para-hydroxylation sites is 2. The number of fused-ring (bicyclic) bond motifs is 1. The molecular weight excluding hydrogens is 306 g/mol. The van der Waals surface area contributed by atoms with Crippen molar-refractivity contribution in [1.82, 2.24) is 5.32 Å². The van der Waals surface area contributed by atoms with Crippen molar-refractivity contribution in [2.75, 3.05) is 19.8 Å². The largest absolute Gasteiger partial charge is 0.486 e. The van der Waals surface area contributed by atoms with Gasteiger partial charge in [-0.1, -0.05) is 24.3 Å². The molecule has 0 bridgehead atoms. The van der Waals surface area contributed by atoms with Gasteiger partial charge in [-0.2, -0.15) is 0 Å². The zero-order valence-corrected chi connectivity index (χ0v) is 13.9. The molecule has 0 spiro atoms. The Morgan fingerprint density at radius 2 is 2.00 bits per heavy atom. The molecule has 0 saturated heterocycles. The van der Waals surface area contributed by atoms with Crippen LogP contribution in [-0.2, 0) is 4.79 Å². The molecule has 0 radical (unpaired) electrons. The number of rotatable bonds is 5. The van der Waals surface area contributed by atoms with Crippen LogP contribution in [0, 0.1) is 13.8 Å². The number of carbonyl (C=O) groups is 1. The summed E-state index contributed by atoms with van der Waals surface area (Å²) in [6.07, 6.45) is -0.204. The summed E-state index contributed by atoms with van der Waals surface area (Å²) < 4.78 is 17.0. The first-order chi connectivity index (χ1) is 11.6. The van der Waals surface area contributed by atoms with Crippen LogP contribution < -0.4 is 19.5 Å². The van der Waals surface area contributed by atoms with E-state index in [1.807, 2.05) is 56.3 Å². The van der Waals surface area contributed by atoms with Gasteiger partial charge in [0.2, 0.25) is 0 Å². The van der Waals surface area contributed by atoms with Gasteiger partial charge in [-0.25, -0.2) is 0 Å². The third kappa shape index (κ3) is 3.98. The van der Waals surface area contributed by atoms with Gasteiger partial charge >= 0.3 is 0 Å². The number of amides is 1. The van der Waals surface area contributed by atoms with Crippen molar-refractivity contribution in [3.8, 4) is 17.2 Å². The molecule has 3 rings (SSSR count). The van der Waals surface area contributed by atoms with Gasteiger partial charge in [-0.15, -0.1) is 0 Å². The molecule has 24 heavy (non-hydrogen) atoms. The molecule has 1 heterocycles. The minimum atomic E-state index is -0.204. The minimum Gasteiger partial charge on any atom is -0.486 e. The minimum absolute atomic E-state index is 0.0194. The van der Waals surface area contributed by atoms with E-state index < -0.39 is 0 Å². The molecule has 0 unspecified atom stereocenters. The van der Waals surface area contributed by atoms with Crippen LogP contribution in [0.15, 0.2) is 42.5 Å². The lowest BCUT2D eigenvalue weighted by Crippen LogP contribution is -2.42. The number of hydrogen-bond donors (Lipinski definition) is 1. The predicted octanol–water partition coefficient (Wildman–Crippen LogP) is 2.64. The smallest absolute Gasteiger partial charge is 0.258 e. The van der Waals surface area contributed by atoms with Gasteiger partial charge in [0, 0.05) is 0 Å². The highest BCUT2D eigenvalue weighted by molar-refractivity contribution is 5.77. The molecule has 1 atom stereocenters. The Morgan fingerprint density at radius 3 is 2.83 bits per heavy atom. The number of ether oxygens (including phenoxy) is 3. The molecular formula is C19H21NO4. The van der Waals surface area contributed by atoms with Gasteiger partial charge < -0.3 is 19.5 Å². The lowest BCUT2D eigenvalue weighted by molar-refractivity contribution is -0.123. The van der Waals surface area contributed by atoms with Gasteiger partial charge in [0.1, 0.15) is 18.5 Å². The van der Waals surface area contributed by atoms with Crippen molar-refractivity contribution >= 4 is 5.91 Å². The van der Waals surface area contributed by atoms with Crippen molar-refractivity contribution in [2.24, 2.45) is 0 Å². The fourth-order valence-electron chi connectivity index (χ4n) is 2.45. The summed E-state index contributed by atoms with van der Waals surface area (Å²) in [6, 6.07) is 13.4. The first-order valence-corrected chi connectivity index (χ1v) is 7.97. The Hall–Kier alpha value is -2.69. The van der Waals surface area contributed by atoms with Crippen molar-refractivity contribution in [2.45, 2.75) is 20.0 Å². The summed E-state index contributed by atoms with van der Waals surface area (Å²) in [7, 11) is 0. The van der Waals surface area contributed by atoms with Crippen LogP contribution >= 0.6 is 0 Å². The van der Waals surface area contributed by atoms with E-state index in [9.17, 15) is 4.79 Å². The van der Waals surface area contributed by atoms with E-state index in [1.165, 1.54) is 0 Å². The second kappa shape index (κ2) is 7.25. The van der Waals surface area contributed by atoms with E-state index in [0.29, 0.717) is 18.9 Å². The second-order valence-corrected chi connectivity index (χ2v) is 5.86. The lowest BCUT2D eigenvalue weighted by Gasteiger charge is -2.26. The van der Waals surface area contributed by atoms with Crippen molar-refractivity contribution in [3.05, 3.63) is 53.6 Å². The highest BCUT2D eigenvalue weighted by Crippen LogP contribution is 2.30. The Balaban J connectivity index is 1.46. The Bertz CT molecular complexity index is 729. The van der Waals surface area contributed by atoms with Crippen LogP contribution in [0.2, 0.25) is 0 Å². The highest BCUT2D eigenvalue weighted by atomic mass is 16.6. The van der Waals surface area contributed by atoms with Crippen LogP contribution in [0.1, 0.15) is 11.1 Å². The molecule has 126 valence electrons. The van der Waals surface area contributed by atoms with Gasteiger partial charge in [0.25, 0.3) is 5.91 Å². The van der Waals surface area contributed by atoms with E-state index in [2.05, 4.69) is 5.32 Å². The Kier molecular flexibility index (Phi) is 4.89. The predicted molar refractivity (Wildman–Crippen MR) is 90.8 cm³/mol. The molecule has 1 aliphatic heterocycles. The first-order valence-electron chi connectivity index (χ1n) is 7.97. The second-order valence-electron chi connectivity index (χ2n) is 5.86. The Morgan fingerprint density at radius 1 is 1.21 bits per heavy atom. The van der Waals surface area contributed by atoms with Crippen LogP contribution in [0.25, 0.3) is 0 Å². The van der Waals surface area contributed by atoms with Gasteiger partial charge in [0.15, 0.2) is 18.1 Å². The highest BCUT2D eigenvalue weighted by Gasteiger charge is 2.21. The first kappa shape index (κ1) is 16.2. The van der Waals surface area contributed by atoms with Crippen LogP contribution in [0.5, 0.6) is 17.2 Å². The van der Waals surface area contributed by atoms with Crippen molar-refractivity contribution < 1.29 is 19.0 Å². The molecule has 0 aliphatic carbocycles. The zero-order chi connectivity index (χ0) is 16.9. The summed E-state index contributed by atoms with van der Waals surface area (Å²) >= 11 is 0. The molecule has 0 aromatic heterocycles. The van der Waals surface area contributed by atoms with E-state index in [-0.39, 0.29) is 18.6 Å². The van der Waals surface area contributed by atoms with Crippen molar-refractivity contribution in [3.63, 3.8) is 0 Å². The standard InChI is InChI=1S/C19H21NO4/c1-13-7-8-14(2)18(9-13)23-12-19(21)20-10-15-11-22-16-5-3-4-6-17(16)24-15/h3-9,15H,10-12H2,1-2H3,(H,20,21)/t15-/m0/s1. The topological polar surface area (TPSA) is 56.8 Å². The SMILES string of the molecule is Cc1ccc(C)c(OCC(=O)NC[C@H]2COc3ccccc3O2)c1. The number of benzene rings is 2. The van der Waals surface area contributed by atoms with Gasteiger partial charge in [-0.05, 0) is 43.2 Å². The number of nitrogens with one attached hydrogen (secondary N) is 1.